The molecule has 1 aliphatic rings. The molecule has 0 bridgehead atoms. The number of hydrogen-bond acceptors (Lipinski definition) is 5. The number of aromatic nitrogens is 1. The van der Waals surface area contributed by atoms with E-state index in [0.29, 0.717) is 5.75 Å². The van der Waals surface area contributed by atoms with Crippen LogP contribution in [0.2, 0.25) is 0 Å². The zero-order chi connectivity index (χ0) is 16.9. The fourth-order valence-electron chi connectivity index (χ4n) is 2.64. The van der Waals surface area contributed by atoms with Crippen LogP contribution >= 0.6 is 27.7 Å². The predicted molar refractivity (Wildman–Crippen MR) is 98.0 cm³/mol. The van der Waals surface area contributed by atoms with E-state index in [1.807, 2.05) is 42.2 Å². The molecule has 0 saturated carbocycles. The van der Waals surface area contributed by atoms with Gasteiger partial charge in [-0.25, -0.2) is 0 Å². The highest BCUT2D eigenvalue weighted by atomic mass is 79.9. The van der Waals surface area contributed by atoms with Crippen molar-refractivity contribution in [3.05, 3.63) is 46.3 Å². The van der Waals surface area contributed by atoms with Gasteiger partial charge in [0.1, 0.15) is 5.76 Å². The summed E-state index contributed by atoms with van der Waals surface area (Å²) < 4.78 is 6.15. The lowest BCUT2D eigenvalue weighted by Crippen LogP contribution is -2.48. The van der Waals surface area contributed by atoms with E-state index in [1.54, 1.807) is 11.8 Å². The second kappa shape index (κ2) is 8.18. The second-order valence-corrected chi connectivity index (χ2v) is 7.79. The van der Waals surface area contributed by atoms with Crippen molar-refractivity contribution in [1.82, 2.24) is 15.0 Å². The van der Waals surface area contributed by atoms with Crippen LogP contribution in [-0.4, -0.2) is 52.8 Å². The summed E-state index contributed by atoms with van der Waals surface area (Å²) in [5.41, 5.74) is 0.957. The lowest BCUT2D eigenvalue weighted by Gasteiger charge is -2.34. The van der Waals surface area contributed by atoms with Crippen molar-refractivity contribution >= 4 is 33.6 Å². The molecular weight excluding hydrogens is 390 g/mol. The van der Waals surface area contributed by atoms with Crippen LogP contribution in [0.3, 0.4) is 0 Å². The molecule has 0 aliphatic carbocycles. The van der Waals surface area contributed by atoms with Crippen LogP contribution < -0.4 is 0 Å². The van der Waals surface area contributed by atoms with Gasteiger partial charge in [-0.15, -0.1) is 11.8 Å². The largest absolute Gasteiger partial charge is 0.361 e. The molecule has 5 nitrogen and oxygen atoms in total. The van der Waals surface area contributed by atoms with E-state index in [1.165, 1.54) is 0 Å². The van der Waals surface area contributed by atoms with E-state index in [9.17, 15) is 4.79 Å². The van der Waals surface area contributed by atoms with E-state index in [4.69, 9.17) is 4.52 Å². The maximum absolute atomic E-state index is 12.4. The molecule has 128 valence electrons. The molecule has 2 aromatic rings. The quantitative estimate of drug-likeness (QED) is 0.709. The number of hydrogen-bond donors (Lipinski definition) is 0. The Bertz CT molecular complexity index is 681. The van der Waals surface area contributed by atoms with Gasteiger partial charge in [-0.05, 0) is 31.2 Å². The number of thioether (sulfide) groups is 1. The zero-order valence-electron chi connectivity index (χ0n) is 13.6. The van der Waals surface area contributed by atoms with E-state index >= 15 is 0 Å². The number of rotatable bonds is 5. The maximum Gasteiger partial charge on any atom is 0.233 e. The van der Waals surface area contributed by atoms with Crippen molar-refractivity contribution in [3.8, 4) is 0 Å². The summed E-state index contributed by atoms with van der Waals surface area (Å²) >= 11 is 5.01. The van der Waals surface area contributed by atoms with Gasteiger partial charge in [0.2, 0.25) is 5.91 Å². The highest BCUT2D eigenvalue weighted by Crippen LogP contribution is 2.21. The first kappa shape index (κ1) is 17.5. The Morgan fingerprint density at radius 3 is 2.58 bits per heavy atom. The average Bonchev–Trinajstić information content (AvgIpc) is 2.99. The highest BCUT2D eigenvalue weighted by Gasteiger charge is 2.21. The molecule has 1 aromatic carbocycles. The van der Waals surface area contributed by atoms with Gasteiger partial charge in [0.05, 0.1) is 11.4 Å². The molecule has 0 atom stereocenters. The van der Waals surface area contributed by atoms with E-state index in [-0.39, 0.29) is 5.91 Å². The summed E-state index contributed by atoms with van der Waals surface area (Å²) in [6.07, 6.45) is 0. The van der Waals surface area contributed by atoms with E-state index in [0.717, 1.165) is 53.5 Å². The number of benzene rings is 1. The molecule has 24 heavy (non-hydrogen) atoms. The number of nitrogens with zero attached hydrogens (tertiary/aromatic N) is 3. The van der Waals surface area contributed by atoms with Crippen LogP contribution in [0.4, 0.5) is 0 Å². The highest BCUT2D eigenvalue weighted by molar-refractivity contribution is 9.10. The first-order valence-corrected chi connectivity index (χ1v) is 9.69. The first-order chi connectivity index (χ1) is 11.6. The fraction of sp³-hybridized carbons (Fsp3) is 0.412. The molecule has 1 amide bonds. The van der Waals surface area contributed by atoms with Crippen molar-refractivity contribution < 1.29 is 9.32 Å². The van der Waals surface area contributed by atoms with Crippen molar-refractivity contribution in [2.24, 2.45) is 0 Å². The van der Waals surface area contributed by atoms with Gasteiger partial charge in [-0.1, -0.05) is 21.1 Å². The van der Waals surface area contributed by atoms with Crippen LogP contribution in [0.25, 0.3) is 0 Å². The molecule has 0 radical (unpaired) electrons. The molecule has 2 heterocycles. The normalized spacial score (nSPS) is 15.7. The number of carbonyl (C=O) groups excluding carboxylic acids is 1. The number of amides is 1. The molecule has 0 unspecified atom stereocenters. The van der Waals surface area contributed by atoms with Gasteiger partial charge in [-0.2, -0.15) is 0 Å². The average molecular weight is 410 g/mol. The summed E-state index contributed by atoms with van der Waals surface area (Å²) in [6, 6.07) is 10.0. The monoisotopic (exact) mass is 409 g/mol. The summed E-state index contributed by atoms with van der Waals surface area (Å²) in [7, 11) is 0. The first-order valence-electron chi connectivity index (χ1n) is 7.91. The summed E-state index contributed by atoms with van der Waals surface area (Å²) in [6.45, 7) is 5.98. The molecule has 0 spiro atoms. The minimum absolute atomic E-state index is 0.208. The van der Waals surface area contributed by atoms with Gasteiger partial charge in [0.15, 0.2) is 0 Å². The molecule has 3 rings (SSSR count). The van der Waals surface area contributed by atoms with Crippen molar-refractivity contribution in [1.29, 1.82) is 0 Å². The van der Waals surface area contributed by atoms with Crippen LogP contribution in [-0.2, 0) is 11.3 Å². The second-order valence-electron chi connectivity index (χ2n) is 5.83. The maximum atomic E-state index is 12.4. The van der Waals surface area contributed by atoms with Crippen LogP contribution in [0, 0.1) is 6.92 Å². The minimum Gasteiger partial charge on any atom is -0.361 e. The van der Waals surface area contributed by atoms with Gasteiger partial charge < -0.3 is 9.42 Å². The Balaban J connectivity index is 1.42. The van der Waals surface area contributed by atoms with Gasteiger partial charge >= 0.3 is 0 Å². The van der Waals surface area contributed by atoms with Crippen LogP contribution in [0.5, 0.6) is 0 Å². The Morgan fingerprint density at radius 2 is 1.96 bits per heavy atom. The van der Waals surface area contributed by atoms with E-state index in [2.05, 4.69) is 26.0 Å². The lowest BCUT2D eigenvalue weighted by molar-refractivity contribution is -0.130. The van der Waals surface area contributed by atoms with E-state index < -0.39 is 0 Å². The predicted octanol–water partition coefficient (Wildman–Crippen LogP) is 3.18. The van der Waals surface area contributed by atoms with Gasteiger partial charge in [0.25, 0.3) is 0 Å². The number of halogens is 1. The number of carbonyl (C=O) groups is 1. The van der Waals surface area contributed by atoms with Crippen molar-refractivity contribution in [2.45, 2.75) is 18.4 Å². The molecule has 1 aliphatic heterocycles. The number of piperazine rings is 1. The number of aryl methyl sites for hydroxylation is 1. The Morgan fingerprint density at radius 1 is 1.25 bits per heavy atom. The molecule has 1 aromatic heterocycles. The summed E-state index contributed by atoms with van der Waals surface area (Å²) in [5.74, 6) is 1.54. The Hall–Kier alpha value is -1.31. The molecule has 7 heteroatoms. The lowest BCUT2D eigenvalue weighted by atomic mass is 10.3. The summed E-state index contributed by atoms with van der Waals surface area (Å²) in [4.78, 5) is 17.7. The van der Waals surface area contributed by atoms with Crippen molar-refractivity contribution in [2.75, 3.05) is 31.9 Å². The minimum atomic E-state index is 0.208. The van der Waals surface area contributed by atoms with Gasteiger partial charge in [-0.3, -0.25) is 9.69 Å². The van der Waals surface area contributed by atoms with Crippen LogP contribution in [0.1, 0.15) is 11.5 Å². The molecule has 0 N–H and O–H groups in total. The topological polar surface area (TPSA) is 49.6 Å². The SMILES string of the molecule is Cc1cc(CN2CCN(C(=O)CSc3ccc(Br)cc3)CC2)no1. The third-order valence-electron chi connectivity index (χ3n) is 3.96. The third-order valence-corrected chi connectivity index (χ3v) is 5.49. The Labute approximate surface area is 154 Å². The van der Waals surface area contributed by atoms with Crippen LogP contribution in [0.15, 0.2) is 44.2 Å². The third kappa shape index (κ3) is 4.84. The standard InChI is InChI=1S/C17H20BrN3O2S/c1-13-10-15(19-23-13)11-20-6-8-21(9-7-20)17(22)12-24-16-4-2-14(18)3-5-16/h2-5,10H,6-9,11-12H2,1H3. The fourth-order valence-corrected chi connectivity index (χ4v) is 3.71. The van der Waals surface area contributed by atoms with Gasteiger partial charge in [0, 0.05) is 48.2 Å². The summed E-state index contributed by atoms with van der Waals surface area (Å²) in [5, 5.41) is 4.03. The molecule has 1 saturated heterocycles. The van der Waals surface area contributed by atoms with Crippen molar-refractivity contribution in [3.63, 3.8) is 0 Å². The molecule has 1 fully saturated rings. The zero-order valence-corrected chi connectivity index (χ0v) is 16.0. The molecular formula is C17H20BrN3O2S. The smallest absolute Gasteiger partial charge is 0.233 e. The Kier molecular flexibility index (Phi) is 5.97.